The molecule has 0 amide bonds. The molecule has 0 radical (unpaired) electrons. The van der Waals surface area contributed by atoms with Crippen molar-refractivity contribution in [3.8, 4) is 0 Å². The maximum absolute atomic E-state index is 6.14. The van der Waals surface area contributed by atoms with Crippen LogP contribution in [0, 0.1) is 13.8 Å². The standard InChI is InChI=1S/C21H31ClN6O/c1-16-20(17(2)28(25-16)12-13-29-4)15-24-21(23-3)27-10-8-26(9-11-27)19-7-5-6-18(22)14-19/h5-7,14H,8-13,15H2,1-4H3,(H,23,24). The lowest BCUT2D eigenvalue weighted by Gasteiger charge is -2.37. The minimum Gasteiger partial charge on any atom is -0.383 e. The molecule has 1 aromatic heterocycles. The molecule has 158 valence electrons. The van der Waals surface area contributed by atoms with Crippen molar-refractivity contribution < 1.29 is 4.74 Å². The first-order valence-corrected chi connectivity index (χ1v) is 10.4. The molecule has 3 rings (SSSR count). The summed E-state index contributed by atoms with van der Waals surface area (Å²) in [5.41, 5.74) is 4.62. The van der Waals surface area contributed by atoms with Gasteiger partial charge in [0.05, 0.1) is 18.8 Å². The molecular formula is C21H31ClN6O. The van der Waals surface area contributed by atoms with E-state index < -0.39 is 0 Å². The number of ether oxygens (including phenoxy) is 1. The van der Waals surface area contributed by atoms with E-state index in [2.05, 4.69) is 45.1 Å². The fourth-order valence-corrected chi connectivity index (χ4v) is 3.92. The fraction of sp³-hybridized carbons (Fsp3) is 0.524. The first kappa shape index (κ1) is 21.5. The van der Waals surface area contributed by atoms with Gasteiger partial charge in [0.25, 0.3) is 0 Å². The number of benzene rings is 1. The number of hydrogen-bond acceptors (Lipinski definition) is 4. The van der Waals surface area contributed by atoms with Crippen LogP contribution in [-0.2, 0) is 17.8 Å². The van der Waals surface area contributed by atoms with Crippen LogP contribution in [0.1, 0.15) is 17.0 Å². The van der Waals surface area contributed by atoms with Crippen LogP contribution in [0.4, 0.5) is 5.69 Å². The second-order valence-electron chi connectivity index (χ2n) is 7.22. The monoisotopic (exact) mass is 418 g/mol. The number of nitrogens with one attached hydrogen (secondary N) is 1. The number of nitrogens with zero attached hydrogens (tertiary/aromatic N) is 5. The normalized spacial score (nSPS) is 15.1. The maximum Gasteiger partial charge on any atom is 0.194 e. The van der Waals surface area contributed by atoms with Gasteiger partial charge in [-0.3, -0.25) is 9.67 Å². The fourth-order valence-electron chi connectivity index (χ4n) is 3.73. The van der Waals surface area contributed by atoms with Gasteiger partial charge in [-0.05, 0) is 32.0 Å². The number of piperazine rings is 1. The van der Waals surface area contributed by atoms with Crippen molar-refractivity contribution in [1.82, 2.24) is 20.0 Å². The van der Waals surface area contributed by atoms with E-state index in [0.29, 0.717) is 13.2 Å². The Morgan fingerprint density at radius 3 is 2.66 bits per heavy atom. The molecule has 0 spiro atoms. The predicted octanol–water partition coefficient (Wildman–Crippen LogP) is 2.70. The number of aryl methyl sites for hydroxylation is 1. The topological polar surface area (TPSA) is 57.9 Å². The van der Waals surface area contributed by atoms with E-state index in [-0.39, 0.29) is 0 Å². The van der Waals surface area contributed by atoms with E-state index in [9.17, 15) is 0 Å². The second kappa shape index (κ2) is 9.98. The Balaban J connectivity index is 1.57. The Labute approximate surface area is 178 Å². The number of rotatable bonds is 6. The van der Waals surface area contributed by atoms with Gasteiger partial charge >= 0.3 is 0 Å². The molecule has 29 heavy (non-hydrogen) atoms. The van der Waals surface area contributed by atoms with Crippen molar-refractivity contribution in [3.63, 3.8) is 0 Å². The van der Waals surface area contributed by atoms with Crippen LogP contribution < -0.4 is 10.2 Å². The molecule has 0 saturated carbocycles. The molecule has 1 saturated heterocycles. The highest BCUT2D eigenvalue weighted by Gasteiger charge is 2.20. The molecule has 0 atom stereocenters. The second-order valence-corrected chi connectivity index (χ2v) is 7.66. The highest BCUT2D eigenvalue weighted by molar-refractivity contribution is 6.30. The first-order chi connectivity index (χ1) is 14.0. The SMILES string of the molecule is CN=C(NCc1c(C)nn(CCOC)c1C)N1CCN(c2cccc(Cl)c2)CC1. The average molecular weight is 419 g/mol. The minimum absolute atomic E-state index is 0.660. The molecule has 0 unspecified atom stereocenters. The van der Waals surface area contributed by atoms with Gasteiger partial charge in [0, 0.05) is 68.8 Å². The van der Waals surface area contributed by atoms with Crippen LogP contribution in [0.15, 0.2) is 29.3 Å². The molecule has 1 aliphatic rings. The van der Waals surface area contributed by atoms with Crippen LogP contribution >= 0.6 is 11.6 Å². The smallest absolute Gasteiger partial charge is 0.194 e. The lowest BCUT2D eigenvalue weighted by Crippen LogP contribution is -2.52. The van der Waals surface area contributed by atoms with E-state index in [4.69, 9.17) is 16.3 Å². The third-order valence-corrected chi connectivity index (χ3v) is 5.66. The molecule has 1 N–H and O–H groups in total. The van der Waals surface area contributed by atoms with Crippen molar-refractivity contribution in [3.05, 3.63) is 46.2 Å². The van der Waals surface area contributed by atoms with Crippen molar-refractivity contribution in [2.45, 2.75) is 26.9 Å². The van der Waals surface area contributed by atoms with Crippen LogP contribution in [0.3, 0.4) is 0 Å². The van der Waals surface area contributed by atoms with Gasteiger partial charge in [-0.1, -0.05) is 17.7 Å². The summed E-state index contributed by atoms with van der Waals surface area (Å²) >= 11 is 6.14. The van der Waals surface area contributed by atoms with Gasteiger partial charge in [0.2, 0.25) is 0 Å². The Bertz CT molecular complexity index is 842. The third kappa shape index (κ3) is 5.22. The summed E-state index contributed by atoms with van der Waals surface area (Å²) < 4.78 is 7.19. The summed E-state index contributed by atoms with van der Waals surface area (Å²) in [4.78, 5) is 9.17. The molecule has 0 aliphatic carbocycles. The Morgan fingerprint density at radius 1 is 1.24 bits per heavy atom. The maximum atomic E-state index is 6.14. The number of aliphatic imine (C=N–C) groups is 1. The molecule has 0 bridgehead atoms. The summed E-state index contributed by atoms with van der Waals surface area (Å²) in [6, 6.07) is 8.05. The average Bonchev–Trinajstić information content (AvgIpc) is 3.00. The van der Waals surface area contributed by atoms with Crippen LogP contribution in [0.25, 0.3) is 0 Å². The van der Waals surface area contributed by atoms with Gasteiger partial charge in [0.1, 0.15) is 0 Å². The summed E-state index contributed by atoms with van der Waals surface area (Å²) in [5.74, 6) is 0.930. The van der Waals surface area contributed by atoms with E-state index in [0.717, 1.165) is 49.4 Å². The summed E-state index contributed by atoms with van der Waals surface area (Å²) in [7, 11) is 3.55. The molecule has 1 aliphatic heterocycles. The predicted molar refractivity (Wildman–Crippen MR) is 119 cm³/mol. The lowest BCUT2D eigenvalue weighted by molar-refractivity contribution is 0.182. The van der Waals surface area contributed by atoms with E-state index >= 15 is 0 Å². The number of methoxy groups -OCH3 is 1. The van der Waals surface area contributed by atoms with E-state index in [1.807, 2.05) is 29.9 Å². The molecular weight excluding hydrogens is 388 g/mol. The molecule has 8 heteroatoms. The van der Waals surface area contributed by atoms with Crippen LogP contribution in [0.2, 0.25) is 5.02 Å². The Morgan fingerprint density at radius 2 is 2.00 bits per heavy atom. The van der Waals surface area contributed by atoms with E-state index in [1.54, 1.807) is 7.11 Å². The molecule has 7 nitrogen and oxygen atoms in total. The molecule has 2 heterocycles. The molecule has 1 aromatic carbocycles. The van der Waals surface area contributed by atoms with Crippen molar-refractivity contribution in [2.24, 2.45) is 4.99 Å². The number of halogens is 1. The van der Waals surface area contributed by atoms with Crippen molar-refractivity contribution in [2.75, 3.05) is 51.8 Å². The zero-order valence-electron chi connectivity index (χ0n) is 17.8. The zero-order valence-corrected chi connectivity index (χ0v) is 18.5. The summed E-state index contributed by atoms with van der Waals surface area (Å²) in [5, 5.41) is 8.94. The van der Waals surface area contributed by atoms with Gasteiger partial charge in [-0.25, -0.2) is 0 Å². The van der Waals surface area contributed by atoms with Crippen LogP contribution in [-0.4, -0.2) is 67.6 Å². The largest absolute Gasteiger partial charge is 0.383 e. The highest BCUT2D eigenvalue weighted by atomic mass is 35.5. The minimum atomic E-state index is 0.660. The summed E-state index contributed by atoms with van der Waals surface area (Å²) in [6.45, 7) is 10.0. The summed E-state index contributed by atoms with van der Waals surface area (Å²) in [6.07, 6.45) is 0. The number of anilines is 1. The van der Waals surface area contributed by atoms with Gasteiger partial charge in [-0.2, -0.15) is 5.10 Å². The number of aromatic nitrogens is 2. The lowest BCUT2D eigenvalue weighted by atomic mass is 10.2. The number of hydrogen-bond donors (Lipinski definition) is 1. The van der Waals surface area contributed by atoms with E-state index in [1.165, 1.54) is 16.9 Å². The van der Waals surface area contributed by atoms with Gasteiger partial charge in [0.15, 0.2) is 5.96 Å². The van der Waals surface area contributed by atoms with Crippen molar-refractivity contribution >= 4 is 23.2 Å². The molecule has 1 fully saturated rings. The zero-order chi connectivity index (χ0) is 20.8. The highest BCUT2D eigenvalue weighted by Crippen LogP contribution is 2.21. The van der Waals surface area contributed by atoms with Gasteiger partial charge in [-0.15, -0.1) is 0 Å². The molecule has 2 aromatic rings. The quantitative estimate of drug-likeness (QED) is 0.577. The third-order valence-electron chi connectivity index (χ3n) is 5.43. The van der Waals surface area contributed by atoms with Crippen LogP contribution in [0.5, 0.6) is 0 Å². The first-order valence-electron chi connectivity index (χ1n) is 10.0. The Kier molecular flexibility index (Phi) is 7.39. The van der Waals surface area contributed by atoms with Gasteiger partial charge < -0.3 is 19.9 Å². The Hall–Kier alpha value is -2.25. The number of guanidine groups is 1. The van der Waals surface area contributed by atoms with Crippen molar-refractivity contribution in [1.29, 1.82) is 0 Å².